The molecule has 2 N–H and O–H groups in total. The molecule has 0 aromatic heterocycles. The summed E-state index contributed by atoms with van der Waals surface area (Å²) in [5, 5.41) is 11.3. The van der Waals surface area contributed by atoms with E-state index in [4.69, 9.17) is 5.11 Å². The van der Waals surface area contributed by atoms with Gasteiger partial charge in [0, 0.05) is 13.2 Å². The SMILES string of the molecule is CC(CO)CNC(=O)c1cccc(Br)c1F. The van der Waals surface area contributed by atoms with Crippen LogP contribution in [0.15, 0.2) is 22.7 Å². The normalized spacial score (nSPS) is 12.2. The largest absolute Gasteiger partial charge is 0.396 e. The molecule has 3 nitrogen and oxygen atoms in total. The number of halogens is 2. The Morgan fingerprint density at radius 1 is 1.62 bits per heavy atom. The molecule has 5 heteroatoms. The highest BCUT2D eigenvalue weighted by Gasteiger charge is 2.13. The number of aliphatic hydroxyl groups excluding tert-OH is 1. The minimum atomic E-state index is -0.573. The first-order valence-electron chi connectivity index (χ1n) is 4.89. The summed E-state index contributed by atoms with van der Waals surface area (Å²) in [4.78, 5) is 11.6. The molecule has 0 aliphatic heterocycles. The molecule has 0 saturated carbocycles. The van der Waals surface area contributed by atoms with Gasteiger partial charge in [-0.15, -0.1) is 0 Å². The smallest absolute Gasteiger partial charge is 0.254 e. The van der Waals surface area contributed by atoms with Crippen molar-refractivity contribution in [2.24, 2.45) is 5.92 Å². The van der Waals surface area contributed by atoms with Gasteiger partial charge in [-0.1, -0.05) is 13.0 Å². The molecular weight excluding hydrogens is 277 g/mol. The van der Waals surface area contributed by atoms with Gasteiger partial charge in [0.2, 0.25) is 0 Å². The zero-order valence-electron chi connectivity index (χ0n) is 8.84. The Hall–Kier alpha value is -0.940. The van der Waals surface area contributed by atoms with Crippen LogP contribution in [0.2, 0.25) is 0 Å². The van der Waals surface area contributed by atoms with Gasteiger partial charge < -0.3 is 10.4 Å². The number of benzene rings is 1. The van der Waals surface area contributed by atoms with E-state index in [-0.39, 0.29) is 22.6 Å². The highest BCUT2D eigenvalue weighted by atomic mass is 79.9. The lowest BCUT2D eigenvalue weighted by Gasteiger charge is -2.10. The van der Waals surface area contributed by atoms with Crippen molar-refractivity contribution in [3.05, 3.63) is 34.1 Å². The molecule has 16 heavy (non-hydrogen) atoms. The van der Waals surface area contributed by atoms with Gasteiger partial charge >= 0.3 is 0 Å². The van der Waals surface area contributed by atoms with Crippen LogP contribution in [0.1, 0.15) is 17.3 Å². The first-order valence-corrected chi connectivity index (χ1v) is 5.68. The van der Waals surface area contributed by atoms with Crippen LogP contribution in [0.3, 0.4) is 0 Å². The predicted octanol–water partition coefficient (Wildman–Crippen LogP) is 1.95. The highest BCUT2D eigenvalue weighted by Crippen LogP contribution is 2.18. The second kappa shape index (κ2) is 5.96. The van der Waals surface area contributed by atoms with Crippen molar-refractivity contribution in [3.63, 3.8) is 0 Å². The van der Waals surface area contributed by atoms with Gasteiger partial charge in [-0.25, -0.2) is 4.39 Å². The Bertz CT molecular complexity index is 384. The number of carbonyl (C=O) groups excluding carboxylic acids is 1. The van der Waals surface area contributed by atoms with E-state index in [0.29, 0.717) is 6.54 Å². The van der Waals surface area contributed by atoms with Crippen LogP contribution in [0.4, 0.5) is 4.39 Å². The van der Waals surface area contributed by atoms with Crippen molar-refractivity contribution < 1.29 is 14.3 Å². The fourth-order valence-electron chi connectivity index (χ4n) is 1.11. The lowest BCUT2D eigenvalue weighted by molar-refractivity contribution is 0.0938. The third kappa shape index (κ3) is 3.28. The summed E-state index contributed by atoms with van der Waals surface area (Å²) in [5.74, 6) is -1.09. The number of carbonyl (C=O) groups is 1. The van der Waals surface area contributed by atoms with Crippen LogP contribution in [0, 0.1) is 11.7 Å². The van der Waals surface area contributed by atoms with Gasteiger partial charge in [-0.05, 0) is 34.0 Å². The maximum absolute atomic E-state index is 13.5. The first kappa shape index (κ1) is 13.1. The molecule has 1 rings (SSSR count). The Kier molecular flexibility index (Phi) is 4.89. The highest BCUT2D eigenvalue weighted by molar-refractivity contribution is 9.10. The standard InChI is InChI=1S/C11H13BrFNO2/c1-7(6-15)5-14-11(16)8-3-2-4-9(12)10(8)13/h2-4,7,15H,5-6H2,1H3,(H,14,16). The Morgan fingerprint density at radius 2 is 2.31 bits per heavy atom. The fourth-order valence-corrected chi connectivity index (χ4v) is 1.47. The van der Waals surface area contributed by atoms with Gasteiger partial charge in [-0.3, -0.25) is 4.79 Å². The van der Waals surface area contributed by atoms with Crippen molar-refractivity contribution in [2.75, 3.05) is 13.2 Å². The molecule has 0 saturated heterocycles. The van der Waals surface area contributed by atoms with Crippen molar-refractivity contribution in [2.45, 2.75) is 6.92 Å². The summed E-state index contributed by atoms with van der Waals surface area (Å²) in [5.41, 5.74) is -0.000449. The van der Waals surface area contributed by atoms with E-state index in [2.05, 4.69) is 21.2 Å². The van der Waals surface area contributed by atoms with E-state index >= 15 is 0 Å². The summed E-state index contributed by atoms with van der Waals surface area (Å²) in [6, 6.07) is 4.54. The van der Waals surface area contributed by atoms with Crippen LogP contribution < -0.4 is 5.32 Å². The number of rotatable bonds is 4. The zero-order valence-corrected chi connectivity index (χ0v) is 10.4. The quantitative estimate of drug-likeness (QED) is 0.890. The molecule has 88 valence electrons. The van der Waals surface area contributed by atoms with Crippen LogP contribution >= 0.6 is 15.9 Å². The van der Waals surface area contributed by atoms with Crippen LogP contribution in [-0.4, -0.2) is 24.2 Å². The van der Waals surface area contributed by atoms with E-state index in [1.807, 2.05) is 0 Å². The molecule has 1 aromatic rings. The number of aliphatic hydroxyl groups is 1. The van der Waals surface area contributed by atoms with Gasteiger partial charge in [-0.2, -0.15) is 0 Å². The summed E-state index contributed by atoms with van der Waals surface area (Å²) >= 11 is 3.01. The number of nitrogens with one attached hydrogen (secondary N) is 1. The van der Waals surface area contributed by atoms with E-state index in [0.717, 1.165) is 0 Å². The maximum Gasteiger partial charge on any atom is 0.254 e. The number of hydrogen-bond acceptors (Lipinski definition) is 2. The first-order chi connectivity index (χ1) is 7.56. The van der Waals surface area contributed by atoms with Gasteiger partial charge in [0.25, 0.3) is 5.91 Å². The molecule has 0 radical (unpaired) electrons. The molecule has 0 fully saturated rings. The second-order valence-corrected chi connectivity index (χ2v) is 4.45. The summed E-state index contributed by atoms with van der Waals surface area (Å²) in [6.07, 6.45) is 0. The van der Waals surface area contributed by atoms with Crippen molar-refractivity contribution in [3.8, 4) is 0 Å². The Balaban J connectivity index is 2.70. The van der Waals surface area contributed by atoms with E-state index in [1.165, 1.54) is 12.1 Å². The van der Waals surface area contributed by atoms with Gasteiger partial charge in [0.15, 0.2) is 0 Å². The molecule has 1 atom stereocenters. The second-order valence-electron chi connectivity index (χ2n) is 3.60. The molecule has 1 aromatic carbocycles. The molecule has 0 bridgehead atoms. The van der Waals surface area contributed by atoms with Crippen LogP contribution in [-0.2, 0) is 0 Å². The molecule has 0 spiro atoms. The Labute approximate surface area is 102 Å². The zero-order chi connectivity index (χ0) is 12.1. The summed E-state index contributed by atoms with van der Waals surface area (Å²) in [6.45, 7) is 2.10. The van der Waals surface area contributed by atoms with Crippen molar-refractivity contribution in [1.82, 2.24) is 5.32 Å². The third-order valence-electron chi connectivity index (χ3n) is 2.12. The van der Waals surface area contributed by atoms with Crippen LogP contribution in [0.5, 0.6) is 0 Å². The van der Waals surface area contributed by atoms with Crippen molar-refractivity contribution in [1.29, 1.82) is 0 Å². The molecular formula is C11H13BrFNO2. The average molecular weight is 290 g/mol. The van der Waals surface area contributed by atoms with Gasteiger partial charge in [0.05, 0.1) is 10.0 Å². The maximum atomic E-state index is 13.5. The monoisotopic (exact) mass is 289 g/mol. The van der Waals surface area contributed by atoms with Gasteiger partial charge in [0.1, 0.15) is 5.82 Å². The van der Waals surface area contributed by atoms with E-state index in [1.54, 1.807) is 13.0 Å². The molecule has 1 amide bonds. The predicted molar refractivity (Wildman–Crippen MR) is 62.7 cm³/mol. The van der Waals surface area contributed by atoms with E-state index in [9.17, 15) is 9.18 Å². The minimum Gasteiger partial charge on any atom is -0.396 e. The number of hydrogen-bond donors (Lipinski definition) is 2. The summed E-state index contributed by atoms with van der Waals surface area (Å²) < 4.78 is 13.8. The third-order valence-corrected chi connectivity index (χ3v) is 2.73. The lowest BCUT2D eigenvalue weighted by atomic mass is 10.1. The lowest BCUT2D eigenvalue weighted by Crippen LogP contribution is -2.30. The molecule has 0 heterocycles. The minimum absolute atomic E-state index is 0.000449. The van der Waals surface area contributed by atoms with Crippen molar-refractivity contribution >= 4 is 21.8 Å². The average Bonchev–Trinajstić information content (AvgIpc) is 2.29. The summed E-state index contributed by atoms with van der Waals surface area (Å²) in [7, 11) is 0. The van der Waals surface area contributed by atoms with E-state index < -0.39 is 11.7 Å². The fraction of sp³-hybridized carbons (Fsp3) is 0.364. The molecule has 0 aliphatic carbocycles. The van der Waals surface area contributed by atoms with Crippen LogP contribution in [0.25, 0.3) is 0 Å². The number of amides is 1. The topological polar surface area (TPSA) is 49.3 Å². The molecule has 1 unspecified atom stereocenters. The Morgan fingerprint density at radius 3 is 2.94 bits per heavy atom. The molecule has 0 aliphatic rings.